The van der Waals surface area contributed by atoms with Crippen LogP contribution in [0.4, 0.5) is 5.82 Å². The monoisotopic (exact) mass is 340 g/mol. The first-order valence-electron chi connectivity index (χ1n) is 8.60. The van der Waals surface area contributed by atoms with Gasteiger partial charge in [-0.15, -0.1) is 0 Å². The fourth-order valence-electron chi connectivity index (χ4n) is 3.01. The Morgan fingerprint density at radius 1 is 1.24 bits per heavy atom. The number of hydrogen-bond acceptors (Lipinski definition) is 5. The van der Waals surface area contributed by atoms with Gasteiger partial charge in [0.2, 0.25) is 5.91 Å². The zero-order chi connectivity index (χ0) is 17.6. The van der Waals surface area contributed by atoms with Crippen molar-refractivity contribution in [1.82, 2.24) is 14.9 Å². The molecule has 1 aromatic carbocycles. The van der Waals surface area contributed by atoms with Gasteiger partial charge in [0, 0.05) is 33.0 Å². The van der Waals surface area contributed by atoms with Crippen LogP contribution in [-0.2, 0) is 11.2 Å². The molecule has 1 saturated heterocycles. The minimum atomic E-state index is -0.0520. The summed E-state index contributed by atoms with van der Waals surface area (Å²) in [5, 5.41) is 0. The molecule has 0 saturated carbocycles. The quantitative estimate of drug-likeness (QED) is 0.835. The fourth-order valence-corrected chi connectivity index (χ4v) is 3.01. The standard InChI is InChI=1S/C19H24N4O2/c1-22(2)18-19(21-11-10-20-18)25-16-9-6-12-23(14-16)17(24)13-15-7-4-3-5-8-15/h3-5,7-8,10-11,16H,6,9,12-14H2,1-2H3. The SMILES string of the molecule is CN(C)c1nccnc1OC1CCCN(C(=O)Cc2ccccc2)C1. The number of hydrogen-bond donors (Lipinski definition) is 0. The lowest BCUT2D eigenvalue weighted by Crippen LogP contribution is -2.45. The third-order valence-corrected chi connectivity index (χ3v) is 4.28. The number of nitrogens with zero attached hydrogens (tertiary/aromatic N) is 4. The maximum Gasteiger partial charge on any atom is 0.257 e. The smallest absolute Gasteiger partial charge is 0.257 e. The van der Waals surface area contributed by atoms with Gasteiger partial charge in [0.25, 0.3) is 5.88 Å². The molecule has 6 nitrogen and oxygen atoms in total. The molecule has 3 rings (SSSR count). The first-order valence-corrected chi connectivity index (χ1v) is 8.60. The van der Waals surface area contributed by atoms with E-state index in [1.807, 2.05) is 54.2 Å². The second kappa shape index (κ2) is 7.96. The zero-order valence-corrected chi connectivity index (χ0v) is 14.8. The van der Waals surface area contributed by atoms with Crippen molar-refractivity contribution in [2.45, 2.75) is 25.4 Å². The van der Waals surface area contributed by atoms with E-state index in [0.717, 1.165) is 24.9 Å². The normalized spacial score (nSPS) is 17.2. The van der Waals surface area contributed by atoms with E-state index in [0.29, 0.717) is 24.7 Å². The number of aromatic nitrogens is 2. The fraction of sp³-hybridized carbons (Fsp3) is 0.421. The highest BCUT2D eigenvalue weighted by Crippen LogP contribution is 2.24. The summed E-state index contributed by atoms with van der Waals surface area (Å²) in [6.07, 6.45) is 5.51. The largest absolute Gasteiger partial charge is 0.470 e. The van der Waals surface area contributed by atoms with E-state index in [9.17, 15) is 4.79 Å². The first kappa shape index (κ1) is 17.2. The summed E-state index contributed by atoms with van der Waals surface area (Å²) >= 11 is 0. The van der Waals surface area contributed by atoms with Crippen LogP contribution in [0.5, 0.6) is 5.88 Å². The van der Waals surface area contributed by atoms with Gasteiger partial charge in [0.1, 0.15) is 6.10 Å². The molecule has 0 radical (unpaired) electrons. The topological polar surface area (TPSA) is 58.6 Å². The van der Waals surface area contributed by atoms with E-state index in [1.165, 1.54) is 0 Å². The number of piperidine rings is 1. The minimum absolute atomic E-state index is 0.0520. The van der Waals surface area contributed by atoms with E-state index in [4.69, 9.17) is 4.74 Å². The van der Waals surface area contributed by atoms with Crippen molar-refractivity contribution in [2.24, 2.45) is 0 Å². The summed E-state index contributed by atoms with van der Waals surface area (Å²) < 4.78 is 6.07. The molecule has 2 heterocycles. The summed E-state index contributed by atoms with van der Waals surface area (Å²) in [6, 6.07) is 9.85. The Kier molecular flexibility index (Phi) is 5.48. The Bertz CT molecular complexity index is 706. The number of carbonyl (C=O) groups excluding carboxylic acids is 1. The third kappa shape index (κ3) is 4.47. The van der Waals surface area contributed by atoms with Crippen molar-refractivity contribution in [3.63, 3.8) is 0 Å². The van der Waals surface area contributed by atoms with E-state index >= 15 is 0 Å². The Labute approximate surface area is 148 Å². The molecule has 1 aromatic heterocycles. The van der Waals surface area contributed by atoms with Crippen LogP contribution < -0.4 is 9.64 Å². The van der Waals surface area contributed by atoms with Gasteiger partial charge in [-0.2, -0.15) is 0 Å². The van der Waals surface area contributed by atoms with Crippen LogP contribution in [0.15, 0.2) is 42.7 Å². The average Bonchev–Trinajstić information content (AvgIpc) is 2.63. The molecule has 2 aromatic rings. The summed E-state index contributed by atoms with van der Waals surface area (Å²) in [5.41, 5.74) is 1.04. The summed E-state index contributed by atoms with van der Waals surface area (Å²) in [5.74, 6) is 1.37. The van der Waals surface area contributed by atoms with Gasteiger partial charge in [-0.25, -0.2) is 9.97 Å². The summed E-state index contributed by atoms with van der Waals surface area (Å²) in [7, 11) is 3.82. The molecular formula is C19H24N4O2. The highest BCUT2D eigenvalue weighted by molar-refractivity contribution is 5.78. The van der Waals surface area contributed by atoms with Crippen LogP contribution in [-0.4, -0.2) is 54.1 Å². The molecule has 6 heteroatoms. The third-order valence-electron chi connectivity index (χ3n) is 4.28. The maximum atomic E-state index is 12.6. The summed E-state index contributed by atoms with van der Waals surface area (Å²) in [4.78, 5) is 25.0. The van der Waals surface area contributed by atoms with Crippen LogP contribution in [0.1, 0.15) is 18.4 Å². The number of carbonyl (C=O) groups is 1. The number of rotatable bonds is 5. The highest BCUT2D eigenvalue weighted by atomic mass is 16.5. The lowest BCUT2D eigenvalue weighted by Gasteiger charge is -2.33. The molecule has 1 amide bonds. The molecule has 25 heavy (non-hydrogen) atoms. The molecule has 1 fully saturated rings. The Morgan fingerprint density at radius 3 is 2.76 bits per heavy atom. The minimum Gasteiger partial charge on any atom is -0.470 e. The van der Waals surface area contributed by atoms with Crippen molar-refractivity contribution in [3.05, 3.63) is 48.3 Å². The maximum absolute atomic E-state index is 12.6. The van der Waals surface area contributed by atoms with Crippen molar-refractivity contribution < 1.29 is 9.53 Å². The van der Waals surface area contributed by atoms with E-state index < -0.39 is 0 Å². The number of amides is 1. The highest BCUT2D eigenvalue weighted by Gasteiger charge is 2.26. The zero-order valence-electron chi connectivity index (χ0n) is 14.8. The van der Waals surface area contributed by atoms with Crippen LogP contribution >= 0.6 is 0 Å². The van der Waals surface area contributed by atoms with Gasteiger partial charge in [-0.3, -0.25) is 4.79 Å². The second-order valence-corrected chi connectivity index (χ2v) is 6.46. The molecule has 0 bridgehead atoms. The predicted molar refractivity (Wildman–Crippen MR) is 96.7 cm³/mol. The number of anilines is 1. The number of benzene rings is 1. The van der Waals surface area contributed by atoms with E-state index in [-0.39, 0.29) is 12.0 Å². The van der Waals surface area contributed by atoms with Crippen LogP contribution in [0.25, 0.3) is 0 Å². The van der Waals surface area contributed by atoms with Gasteiger partial charge in [-0.1, -0.05) is 30.3 Å². The second-order valence-electron chi connectivity index (χ2n) is 6.46. The lowest BCUT2D eigenvalue weighted by atomic mass is 10.1. The van der Waals surface area contributed by atoms with Gasteiger partial charge in [0.15, 0.2) is 5.82 Å². The van der Waals surface area contributed by atoms with Gasteiger partial charge in [-0.05, 0) is 18.4 Å². The molecular weight excluding hydrogens is 316 g/mol. The molecule has 1 atom stereocenters. The Hall–Kier alpha value is -2.63. The molecule has 1 unspecified atom stereocenters. The van der Waals surface area contributed by atoms with E-state index in [1.54, 1.807) is 12.4 Å². The van der Waals surface area contributed by atoms with Crippen LogP contribution in [0, 0.1) is 0 Å². The van der Waals surface area contributed by atoms with Crippen molar-refractivity contribution in [3.8, 4) is 5.88 Å². The molecule has 1 aliphatic rings. The van der Waals surface area contributed by atoms with Gasteiger partial charge >= 0.3 is 0 Å². The van der Waals surface area contributed by atoms with Crippen molar-refractivity contribution in [1.29, 1.82) is 0 Å². The van der Waals surface area contributed by atoms with Crippen molar-refractivity contribution in [2.75, 3.05) is 32.1 Å². The Morgan fingerprint density at radius 2 is 2.00 bits per heavy atom. The number of likely N-dealkylation sites (tertiary alicyclic amines) is 1. The molecule has 0 spiro atoms. The predicted octanol–water partition coefficient (Wildman–Crippen LogP) is 2.16. The van der Waals surface area contributed by atoms with Crippen molar-refractivity contribution >= 4 is 11.7 Å². The molecule has 0 N–H and O–H groups in total. The summed E-state index contributed by atoms with van der Waals surface area (Å²) in [6.45, 7) is 1.38. The molecule has 0 aliphatic carbocycles. The molecule has 132 valence electrons. The lowest BCUT2D eigenvalue weighted by molar-refractivity contribution is -0.133. The number of ether oxygens (including phenoxy) is 1. The van der Waals surface area contributed by atoms with Gasteiger partial charge in [0.05, 0.1) is 13.0 Å². The van der Waals surface area contributed by atoms with E-state index in [2.05, 4.69) is 9.97 Å². The Balaban J connectivity index is 1.62. The van der Waals surface area contributed by atoms with Gasteiger partial charge < -0.3 is 14.5 Å². The first-order chi connectivity index (χ1) is 12.1. The van der Waals surface area contributed by atoms with Crippen LogP contribution in [0.3, 0.4) is 0 Å². The average molecular weight is 340 g/mol. The molecule has 1 aliphatic heterocycles. The van der Waals surface area contributed by atoms with Crippen LogP contribution in [0.2, 0.25) is 0 Å².